The third-order valence-corrected chi connectivity index (χ3v) is 2.57. The number of aliphatic imine (C=N–C) groups is 1. The number of hydrogen-bond donors (Lipinski definition) is 2. The number of alkyl halides is 3. The summed E-state index contributed by atoms with van der Waals surface area (Å²) < 4.78 is 41.3. The minimum atomic E-state index is -4.19. The SMILES string of the molecule is CN=C(NCCOc1ncccc1Cl)NCCC(F)(F)F. The normalized spacial score (nSPS) is 12.1. The van der Waals surface area contributed by atoms with Gasteiger partial charge in [0.25, 0.3) is 0 Å². The van der Waals surface area contributed by atoms with Crippen molar-refractivity contribution in [1.82, 2.24) is 15.6 Å². The third-order valence-electron chi connectivity index (χ3n) is 2.28. The van der Waals surface area contributed by atoms with Crippen LogP contribution < -0.4 is 15.4 Å². The van der Waals surface area contributed by atoms with E-state index in [0.29, 0.717) is 17.4 Å². The zero-order valence-electron chi connectivity index (χ0n) is 11.4. The molecule has 0 spiro atoms. The molecule has 9 heteroatoms. The summed E-state index contributed by atoms with van der Waals surface area (Å²) in [5.74, 6) is 0.580. The van der Waals surface area contributed by atoms with Gasteiger partial charge in [-0.25, -0.2) is 4.98 Å². The van der Waals surface area contributed by atoms with Crippen LogP contribution in [-0.2, 0) is 0 Å². The van der Waals surface area contributed by atoms with Gasteiger partial charge >= 0.3 is 6.18 Å². The molecule has 1 rings (SSSR count). The Morgan fingerprint density at radius 2 is 2.10 bits per heavy atom. The van der Waals surface area contributed by atoms with E-state index >= 15 is 0 Å². The maximum absolute atomic E-state index is 12.0. The molecule has 0 atom stereocenters. The standard InChI is InChI=1S/C12H16ClF3N4O/c1-17-11(19-6-4-12(14,15)16)20-7-8-21-10-9(13)3-2-5-18-10/h2-3,5H,4,6-8H2,1H3,(H2,17,19,20). The smallest absolute Gasteiger partial charge is 0.390 e. The highest BCUT2D eigenvalue weighted by atomic mass is 35.5. The highest BCUT2D eigenvalue weighted by molar-refractivity contribution is 6.31. The second-order valence-electron chi connectivity index (χ2n) is 3.93. The molecule has 1 aromatic rings. The highest BCUT2D eigenvalue weighted by Crippen LogP contribution is 2.19. The van der Waals surface area contributed by atoms with Gasteiger partial charge in [-0.3, -0.25) is 4.99 Å². The summed E-state index contributed by atoms with van der Waals surface area (Å²) in [5.41, 5.74) is 0. The first-order valence-electron chi connectivity index (χ1n) is 6.17. The molecule has 1 heterocycles. The predicted octanol–water partition coefficient (Wildman–Crippen LogP) is 2.23. The van der Waals surface area contributed by atoms with Gasteiger partial charge in [0.2, 0.25) is 5.88 Å². The van der Waals surface area contributed by atoms with E-state index in [2.05, 4.69) is 20.6 Å². The van der Waals surface area contributed by atoms with Crippen LogP contribution in [0.25, 0.3) is 0 Å². The van der Waals surface area contributed by atoms with Crippen LogP contribution in [0, 0.1) is 0 Å². The molecule has 5 nitrogen and oxygen atoms in total. The van der Waals surface area contributed by atoms with Crippen LogP contribution in [0.4, 0.5) is 13.2 Å². The van der Waals surface area contributed by atoms with Crippen LogP contribution in [0.15, 0.2) is 23.3 Å². The predicted molar refractivity (Wildman–Crippen MR) is 74.8 cm³/mol. The van der Waals surface area contributed by atoms with Crippen LogP contribution >= 0.6 is 11.6 Å². The van der Waals surface area contributed by atoms with Crippen molar-refractivity contribution in [3.8, 4) is 5.88 Å². The van der Waals surface area contributed by atoms with Crippen molar-refractivity contribution in [3.63, 3.8) is 0 Å². The van der Waals surface area contributed by atoms with Crippen molar-refractivity contribution in [2.45, 2.75) is 12.6 Å². The minimum absolute atomic E-state index is 0.240. The number of halogens is 4. The molecule has 118 valence electrons. The lowest BCUT2D eigenvalue weighted by atomic mass is 10.4. The number of rotatable bonds is 6. The number of guanidine groups is 1. The van der Waals surface area contributed by atoms with Crippen LogP contribution in [-0.4, -0.2) is 43.9 Å². The molecule has 0 amide bonds. The van der Waals surface area contributed by atoms with Crippen molar-refractivity contribution in [1.29, 1.82) is 0 Å². The van der Waals surface area contributed by atoms with Crippen LogP contribution in [0.1, 0.15) is 6.42 Å². The molecule has 0 radical (unpaired) electrons. The summed E-state index contributed by atoms with van der Waals surface area (Å²) in [6.07, 6.45) is -3.56. The number of aromatic nitrogens is 1. The second kappa shape index (κ2) is 8.56. The number of nitrogens with zero attached hydrogens (tertiary/aromatic N) is 2. The van der Waals surface area contributed by atoms with Crippen LogP contribution in [0.2, 0.25) is 5.02 Å². The fraction of sp³-hybridized carbons (Fsp3) is 0.500. The van der Waals surface area contributed by atoms with Gasteiger partial charge < -0.3 is 15.4 Å². The van der Waals surface area contributed by atoms with Crippen molar-refractivity contribution in [3.05, 3.63) is 23.4 Å². The molecule has 0 fully saturated rings. The Labute approximate surface area is 125 Å². The first-order valence-corrected chi connectivity index (χ1v) is 6.55. The topological polar surface area (TPSA) is 58.5 Å². The minimum Gasteiger partial charge on any atom is -0.475 e. The van der Waals surface area contributed by atoms with Gasteiger partial charge in [0, 0.05) is 19.8 Å². The molecule has 0 saturated carbocycles. The third kappa shape index (κ3) is 7.60. The maximum Gasteiger partial charge on any atom is 0.390 e. The van der Waals surface area contributed by atoms with Crippen LogP contribution in [0.5, 0.6) is 5.88 Å². The Morgan fingerprint density at radius 3 is 2.71 bits per heavy atom. The fourth-order valence-corrected chi connectivity index (χ4v) is 1.51. The Bertz CT molecular complexity index is 468. The van der Waals surface area contributed by atoms with Crippen molar-refractivity contribution in [2.75, 3.05) is 26.7 Å². The average molecular weight is 325 g/mol. The summed E-state index contributed by atoms with van der Waals surface area (Å²) in [6, 6.07) is 3.33. The summed E-state index contributed by atoms with van der Waals surface area (Å²) in [5, 5.41) is 5.77. The summed E-state index contributed by atoms with van der Waals surface area (Å²) in [6.45, 7) is 0.353. The molecule has 0 unspecified atom stereocenters. The maximum atomic E-state index is 12.0. The molecule has 1 aromatic heterocycles. The van der Waals surface area contributed by atoms with Gasteiger partial charge in [-0.1, -0.05) is 11.6 Å². The summed E-state index contributed by atoms with van der Waals surface area (Å²) in [7, 11) is 1.47. The lowest BCUT2D eigenvalue weighted by Crippen LogP contribution is -2.40. The number of nitrogens with one attached hydrogen (secondary N) is 2. The van der Waals surface area contributed by atoms with Gasteiger partial charge in [-0.15, -0.1) is 0 Å². The average Bonchev–Trinajstić information content (AvgIpc) is 2.42. The van der Waals surface area contributed by atoms with E-state index in [0.717, 1.165) is 0 Å². The Balaban J connectivity index is 2.22. The zero-order chi connectivity index (χ0) is 15.7. The van der Waals surface area contributed by atoms with Gasteiger partial charge in [0.15, 0.2) is 5.96 Å². The quantitative estimate of drug-likeness (QED) is 0.478. The van der Waals surface area contributed by atoms with E-state index < -0.39 is 12.6 Å². The summed E-state index contributed by atoms with van der Waals surface area (Å²) >= 11 is 5.85. The second-order valence-corrected chi connectivity index (χ2v) is 4.34. The van der Waals surface area contributed by atoms with Crippen molar-refractivity contribution in [2.24, 2.45) is 4.99 Å². The number of ether oxygens (including phenoxy) is 1. The van der Waals surface area contributed by atoms with Gasteiger partial charge in [-0.2, -0.15) is 13.2 Å². The highest BCUT2D eigenvalue weighted by Gasteiger charge is 2.26. The van der Waals surface area contributed by atoms with E-state index in [4.69, 9.17) is 16.3 Å². The van der Waals surface area contributed by atoms with Gasteiger partial charge in [0.1, 0.15) is 11.6 Å². The van der Waals surface area contributed by atoms with Gasteiger partial charge in [-0.05, 0) is 12.1 Å². The monoisotopic (exact) mass is 324 g/mol. The molecule has 2 N–H and O–H groups in total. The lowest BCUT2D eigenvalue weighted by molar-refractivity contribution is -0.132. The number of pyridine rings is 1. The molecule has 0 saturated heterocycles. The lowest BCUT2D eigenvalue weighted by Gasteiger charge is -2.13. The molecular formula is C12H16ClF3N4O. The fourth-order valence-electron chi connectivity index (χ4n) is 1.34. The first-order chi connectivity index (χ1) is 9.92. The molecular weight excluding hydrogens is 309 g/mol. The van der Waals surface area contributed by atoms with E-state index in [1.165, 1.54) is 7.05 Å². The Hall–Kier alpha value is -1.70. The van der Waals surface area contributed by atoms with E-state index in [1.807, 2.05) is 0 Å². The van der Waals surface area contributed by atoms with Crippen LogP contribution in [0.3, 0.4) is 0 Å². The Morgan fingerprint density at radius 1 is 1.38 bits per heavy atom. The first kappa shape index (κ1) is 17.4. The van der Waals surface area contributed by atoms with E-state index in [9.17, 15) is 13.2 Å². The van der Waals surface area contributed by atoms with E-state index in [-0.39, 0.29) is 19.1 Å². The van der Waals surface area contributed by atoms with Gasteiger partial charge in [0.05, 0.1) is 13.0 Å². The molecule has 0 aromatic carbocycles. The van der Waals surface area contributed by atoms with Crippen molar-refractivity contribution < 1.29 is 17.9 Å². The number of hydrogen-bond acceptors (Lipinski definition) is 3. The molecule has 0 aliphatic heterocycles. The molecule has 21 heavy (non-hydrogen) atoms. The van der Waals surface area contributed by atoms with E-state index in [1.54, 1.807) is 18.3 Å². The summed E-state index contributed by atoms with van der Waals surface area (Å²) in [4.78, 5) is 7.74. The van der Waals surface area contributed by atoms with Crippen molar-refractivity contribution >= 4 is 17.6 Å². The zero-order valence-corrected chi connectivity index (χ0v) is 12.1. The molecule has 0 bridgehead atoms. The largest absolute Gasteiger partial charge is 0.475 e. The Kier molecular flexibility index (Phi) is 7.07. The molecule has 0 aliphatic carbocycles. The molecule has 0 aliphatic rings.